The van der Waals surface area contributed by atoms with Gasteiger partial charge in [-0.1, -0.05) is 39.2 Å². The SMILES string of the molecule is C=C/C=C\c1nc(C(=C)c2cc(-c3cncc(NC(=O)CC(C)C)c3)cnc2NC)[nH]c1C. The third-order valence-electron chi connectivity index (χ3n) is 5.00. The number of imidazole rings is 1. The molecule has 3 heterocycles. The average Bonchev–Trinajstić information content (AvgIpc) is 3.16. The summed E-state index contributed by atoms with van der Waals surface area (Å²) in [5.41, 5.74) is 5.64. The molecule has 0 fully saturated rings. The summed E-state index contributed by atoms with van der Waals surface area (Å²) in [6.45, 7) is 14.0. The minimum atomic E-state index is -0.0313. The molecule has 1 amide bonds. The molecule has 3 N–H and O–H groups in total. The van der Waals surface area contributed by atoms with Crippen LogP contribution < -0.4 is 10.6 Å². The maximum atomic E-state index is 12.2. The molecular formula is C26H30N6O. The summed E-state index contributed by atoms with van der Waals surface area (Å²) in [5.74, 6) is 1.61. The zero-order valence-electron chi connectivity index (χ0n) is 19.6. The van der Waals surface area contributed by atoms with E-state index in [1.807, 2.05) is 52.1 Å². The molecular weight excluding hydrogens is 412 g/mol. The highest BCUT2D eigenvalue weighted by Gasteiger charge is 2.15. The second kappa shape index (κ2) is 10.5. The zero-order valence-corrected chi connectivity index (χ0v) is 19.6. The van der Waals surface area contributed by atoms with Crippen LogP contribution in [0, 0.1) is 12.8 Å². The van der Waals surface area contributed by atoms with E-state index in [4.69, 9.17) is 0 Å². The van der Waals surface area contributed by atoms with Gasteiger partial charge < -0.3 is 15.6 Å². The molecule has 0 aliphatic heterocycles. The van der Waals surface area contributed by atoms with E-state index in [-0.39, 0.29) is 11.8 Å². The highest BCUT2D eigenvalue weighted by molar-refractivity contribution is 5.91. The Labute approximate surface area is 194 Å². The van der Waals surface area contributed by atoms with Gasteiger partial charge in [-0.25, -0.2) is 9.97 Å². The first-order valence-electron chi connectivity index (χ1n) is 10.8. The Kier molecular flexibility index (Phi) is 7.56. The zero-order chi connectivity index (χ0) is 24.0. The Hall–Kier alpha value is -4.00. The number of nitrogens with one attached hydrogen (secondary N) is 3. The van der Waals surface area contributed by atoms with Gasteiger partial charge in [-0.05, 0) is 31.1 Å². The van der Waals surface area contributed by atoms with Gasteiger partial charge in [0.25, 0.3) is 0 Å². The summed E-state index contributed by atoms with van der Waals surface area (Å²) < 4.78 is 0. The van der Waals surface area contributed by atoms with Gasteiger partial charge in [0, 0.05) is 53.8 Å². The van der Waals surface area contributed by atoms with Crippen molar-refractivity contribution in [3.05, 3.63) is 78.8 Å². The first-order valence-corrected chi connectivity index (χ1v) is 10.8. The first kappa shape index (κ1) is 23.7. The summed E-state index contributed by atoms with van der Waals surface area (Å²) in [6, 6.07) is 3.89. The molecule has 33 heavy (non-hydrogen) atoms. The number of rotatable bonds is 9. The third-order valence-corrected chi connectivity index (χ3v) is 5.00. The fourth-order valence-corrected chi connectivity index (χ4v) is 3.37. The van der Waals surface area contributed by atoms with Gasteiger partial charge in [-0.3, -0.25) is 9.78 Å². The predicted octanol–water partition coefficient (Wildman–Crippen LogP) is 5.46. The number of aromatic nitrogens is 4. The van der Waals surface area contributed by atoms with Crippen LogP contribution in [-0.4, -0.2) is 32.9 Å². The number of amides is 1. The quantitative estimate of drug-likeness (QED) is 0.382. The molecule has 3 aromatic rings. The highest BCUT2D eigenvalue weighted by atomic mass is 16.1. The number of carbonyl (C=O) groups is 1. The Bertz CT molecular complexity index is 1210. The average molecular weight is 443 g/mol. The fourth-order valence-electron chi connectivity index (χ4n) is 3.37. The van der Waals surface area contributed by atoms with Crippen LogP contribution in [0.25, 0.3) is 22.8 Å². The molecule has 3 aromatic heterocycles. The van der Waals surface area contributed by atoms with Crippen molar-refractivity contribution in [3.63, 3.8) is 0 Å². The van der Waals surface area contributed by atoms with Crippen molar-refractivity contribution in [2.45, 2.75) is 27.2 Å². The molecule has 0 atom stereocenters. The number of aryl methyl sites for hydroxylation is 1. The van der Waals surface area contributed by atoms with Crippen LogP contribution in [-0.2, 0) is 4.79 Å². The van der Waals surface area contributed by atoms with Crippen LogP contribution in [0.1, 0.15) is 43.0 Å². The van der Waals surface area contributed by atoms with Gasteiger partial charge in [0.1, 0.15) is 11.6 Å². The van der Waals surface area contributed by atoms with Crippen molar-refractivity contribution in [1.82, 2.24) is 19.9 Å². The number of aromatic amines is 1. The Balaban J connectivity index is 1.94. The fraction of sp³-hybridized carbons (Fsp3) is 0.231. The van der Waals surface area contributed by atoms with E-state index in [0.29, 0.717) is 29.3 Å². The maximum Gasteiger partial charge on any atom is 0.224 e. The van der Waals surface area contributed by atoms with Gasteiger partial charge >= 0.3 is 0 Å². The molecule has 0 aliphatic rings. The van der Waals surface area contributed by atoms with E-state index in [0.717, 1.165) is 28.1 Å². The van der Waals surface area contributed by atoms with Crippen LogP contribution in [0.2, 0.25) is 0 Å². The Morgan fingerprint density at radius 3 is 2.67 bits per heavy atom. The second-order valence-electron chi connectivity index (χ2n) is 8.15. The van der Waals surface area contributed by atoms with Crippen LogP contribution in [0.15, 0.2) is 56.0 Å². The van der Waals surface area contributed by atoms with E-state index in [1.54, 1.807) is 24.7 Å². The lowest BCUT2D eigenvalue weighted by Crippen LogP contribution is -2.14. The van der Waals surface area contributed by atoms with Crippen molar-refractivity contribution >= 4 is 29.1 Å². The Morgan fingerprint density at radius 1 is 1.21 bits per heavy atom. The summed E-state index contributed by atoms with van der Waals surface area (Å²) in [7, 11) is 1.82. The van der Waals surface area contributed by atoms with Gasteiger partial charge in [0.15, 0.2) is 0 Å². The number of allylic oxidation sites excluding steroid dienone is 2. The van der Waals surface area contributed by atoms with E-state index < -0.39 is 0 Å². The lowest BCUT2D eigenvalue weighted by molar-refractivity contribution is -0.116. The number of nitrogens with zero attached hydrogens (tertiary/aromatic N) is 3. The lowest BCUT2D eigenvalue weighted by atomic mass is 10.0. The normalized spacial score (nSPS) is 11.1. The Morgan fingerprint density at radius 2 is 1.97 bits per heavy atom. The standard InChI is InChI=1S/C26H30N6O/c1-7-8-9-23-18(5)30-25(32-23)17(4)22-12-20(14-29-26(22)27-6)19-11-21(15-28-13-19)31-24(33)10-16(2)3/h7-9,11-16H,1,4,10H2,2-3,5-6H3,(H,27,29)(H,30,32)(H,31,33)/b9-8-. The van der Waals surface area contributed by atoms with Crippen LogP contribution >= 0.6 is 0 Å². The monoisotopic (exact) mass is 442 g/mol. The smallest absolute Gasteiger partial charge is 0.224 e. The van der Waals surface area contributed by atoms with Crippen molar-refractivity contribution in [2.24, 2.45) is 5.92 Å². The highest BCUT2D eigenvalue weighted by Crippen LogP contribution is 2.31. The molecule has 0 unspecified atom stereocenters. The number of carbonyl (C=O) groups excluding carboxylic acids is 1. The first-order chi connectivity index (χ1) is 15.8. The van der Waals surface area contributed by atoms with Crippen molar-refractivity contribution < 1.29 is 4.79 Å². The van der Waals surface area contributed by atoms with Crippen molar-refractivity contribution in [2.75, 3.05) is 17.7 Å². The van der Waals surface area contributed by atoms with Crippen LogP contribution in [0.3, 0.4) is 0 Å². The molecule has 0 spiro atoms. The number of anilines is 2. The van der Waals surface area contributed by atoms with E-state index in [1.165, 1.54) is 0 Å². The molecule has 0 aliphatic carbocycles. The van der Waals surface area contributed by atoms with Gasteiger partial charge in [0.05, 0.1) is 17.6 Å². The number of H-pyrrole nitrogens is 1. The minimum Gasteiger partial charge on any atom is -0.373 e. The molecule has 0 saturated heterocycles. The molecule has 0 saturated carbocycles. The number of pyridine rings is 2. The largest absolute Gasteiger partial charge is 0.373 e. The summed E-state index contributed by atoms with van der Waals surface area (Å²) >= 11 is 0. The van der Waals surface area contributed by atoms with E-state index in [2.05, 4.69) is 43.7 Å². The van der Waals surface area contributed by atoms with Gasteiger partial charge in [0.2, 0.25) is 5.91 Å². The molecule has 7 nitrogen and oxygen atoms in total. The van der Waals surface area contributed by atoms with Crippen LogP contribution in [0.5, 0.6) is 0 Å². The number of hydrogen-bond acceptors (Lipinski definition) is 5. The molecule has 170 valence electrons. The molecule has 3 rings (SSSR count). The second-order valence-corrected chi connectivity index (χ2v) is 8.15. The van der Waals surface area contributed by atoms with E-state index in [9.17, 15) is 4.79 Å². The van der Waals surface area contributed by atoms with Gasteiger partial charge in [-0.2, -0.15) is 0 Å². The number of hydrogen-bond donors (Lipinski definition) is 3. The molecule has 7 heteroatoms. The maximum absolute atomic E-state index is 12.2. The van der Waals surface area contributed by atoms with Crippen LogP contribution in [0.4, 0.5) is 11.5 Å². The lowest BCUT2D eigenvalue weighted by Gasteiger charge is -2.13. The third kappa shape index (κ3) is 5.83. The summed E-state index contributed by atoms with van der Waals surface area (Å²) in [6.07, 6.45) is 11.1. The summed E-state index contributed by atoms with van der Waals surface area (Å²) in [4.78, 5) is 29.0. The molecule has 0 bridgehead atoms. The van der Waals surface area contributed by atoms with Gasteiger partial charge in [-0.15, -0.1) is 0 Å². The topological polar surface area (TPSA) is 95.6 Å². The van der Waals surface area contributed by atoms with Crippen molar-refractivity contribution in [1.29, 1.82) is 0 Å². The van der Waals surface area contributed by atoms with E-state index >= 15 is 0 Å². The molecule has 0 aromatic carbocycles. The van der Waals surface area contributed by atoms with Crippen molar-refractivity contribution in [3.8, 4) is 11.1 Å². The molecule has 0 radical (unpaired) electrons. The predicted molar refractivity (Wildman–Crippen MR) is 136 cm³/mol. The minimum absolute atomic E-state index is 0.0313. The summed E-state index contributed by atoms with van der Waals surface area (Å²) in [5, 5.41) is 6.04.